The molecule has 0 aliphatic heterocycles. The molecule has 2 aromatic rings. The zero-order valence-electron chi connectivity index (χ0n) is 6.69. The Kier molecular flexibility index (Phi) is 1.59. The molecule has 0 radical (unpaired) electrons. The minimum Gasteiger partial charge on any atom is -0.438 e. The summed E-state index contributed by atoms with van der Waals surface area (Å²) in [6.07, 6.45) is -0.641. The number of aromatic nitrogens is 1. The highest BCUT2D eigenvalue weighted by atomic mass is 16.4. The van der Waals surface area contributed by atoms with Crippen LogP contribution in [0.1, 0.15) is 18.9 Å². The van der Waals surface area contributed by atoms with E-state index in [1.165, 1.54) is 0 Å². The third kappa shape index (κ3) is 1.08. The van der Waals surface area contributed by atoms with Crippen LogP contribution in [0.3, 0.4) is 0 Å². The lowest BCUT2D eigenvalue weighted by Gasteiger charge is -1.93. The molecule has 0 aliphatic carbocycles. The van der Waals surface area contributed by atoms with Crippen LogP contribution in [0.2, 0.25) is 0 Å². The van der Waals surface area contributed by atoms with Crippen molar-refractivity contribution in [3.05, 3.63) is 30.2 Å². The van der Waals surface area contributed by atoms with E-state index in [1.807, 2.05) is 24.3 Å². The van der Waals surface area contributed by atoms with Gasteiger partial charge in [0.2, 0.25) is 5.89 Å². The van der Waals surface area contributed by atoms with Crippen molar-refractivity contribution < 1.29 is 9.52 Å². The molecule has 3 heteroatoms. The SMILES string of the molecule is CC(O)c1nc2ccccc2o1. The zero-order valence-corrected chi connectivity index (χ0v) is 6.69. The van der Waals surface area contributed by atoms with Crippen molar-refractivity contribution in [3.8, 4) is 0 Å². The van der Waals surface area contributed by atoms with E-state index in [9.17, 15) is 0 Å². The van der Waals surface area contributed by atoms with Crippen molar-refractivity contribution >= 4 is 11.1 Å². The average molecular weight is 163 g/mol. The molecule has 0 bridgehead atoms. The number of oxazole rings is 1. The van der Waals surface area contributed by atoms with Crippen molar-refractivity contribution in [2.24, 2.45) is 0 Å². The molecule has 0 saturated heterocycles. The molecule has 0 amide bonds. The van der Waals surface area contributed by atoms with E-state index in [1.54, 1.807) is 6.92 Å². The van der Waals surface area contributed by atoms with E-state index < -0.39 is 6.10 Å². The Morgan fingerprint density at radius 2 is 2.17 bits per heavy atom. The van der Waals surface area contributed by atoms with Gasteiger partial charge in [0.25, 0.3) is 0 Å². The molecule has 0 saturated carbocycles. The van der Waals surface area contributed by atoms with Gasteiger partial charge in [0.1, 0.15) is 11.6 Å². The number of rotatable bonds is 1. The van der Waals surface area contributed by atoms with Crippen LogP contribution >= 0.6 is 0 Å². The first-order chi connectivity index (χ1) is 5.77. The Morgan fingerprint density at radius 3 is 2.83 bits per heavy atom. The summed E-state index contributed by atoms with van der Waals surface area (Å²) < 4.78 is 5.27. The summed E-state index contributed by atoms with van der Waals surface area (Å²) in [5, 5.41) is 9.17. The maximum absolute atomic E-state index is 9.17. The normalized spacial score (nSPS) is 13.5. The molecule has 12 heavy (non-hydrogen) atoms. The minimum atomic E-state index is -0.641. The third-order valence-corrected chi connectivity index (χ3v) is 1.67. The molecular formula is C9H9NO2. The Labute approximate surface area is 69.7 Å². The van der Waals surface area contributed by atoms with E-state index in [-0.39, 0.29) is 0 Å². The molecule has 62 valence electrons. The summed E-state index contributed by atoms with van der Waals surface area (Å²) in [4.78, 5) is 4.10. The van der Waals surface area contributed by atoms with Crippen LogP contribution < -0.4 is 0 Å². The zero-order chi connectivity index (χ0) is 8.55. The molecule has 0 spiro atoms. The van der Waals surface area contributed by atoms with E-state index in [2.05, 4.69) is 4.98 Å². The second-order valence-electron chi connectivity index (χ2n) is 2.70. The van der Waals surface area contributed by atoms with Crippen LogP contribution in [-0.4, -0.2) is 10.1 Å². The maximum Gasteiger partial charge on any atom is 0.224 e. The quantitative estimate of drug-likeness (QED) is 0.698. The first kappa shape index (κ1) is 7.31. The van der Waals surface area contributed by atoms with Crippen molar-refractivity contribution in [3.63, 3.8) is 0 Å². The number of hydrogen-bond donors (Lipinski definition) is 1. The average Bonchev–Trinajstić information content (AvgIpc) is 2.46. The van der Waals surface area contributed by atoms with Crippen LogP contribution in [-0.2, 0) is 0 Å². The molecule has 0 fully saturated rings. The van der Waals surface area contributed by atoms with Gasteiger partial charge in [-0.3, -0.25) is 0 Å². The Balaban J connectivity index is 2.62. The fourth-order valence-corrected chi connectivity index (χ4v) is 1.07. The predicted molar refractivity (Wildman–Crippen MR) is 44.6 cm³/mol. The van der Waals surface area contributed by atoms with Crippen molar-refractivity contribution in [2.45, 2.75) is 13.0 Å². The van der Waals surface area contributed by atoms with Gasteiger partial charge in [0.05, 0.1) is 0 Å². The fourth-order valence-electron chi connectivity index (χ4n) is 1.07. The van der Waals surface area contributed by atoms with Crippen LogP contribution in [0.4, 0.5) is 0 Å². The summed E-state index contributed by atoms with van der Waals surface area (Å²) in [5.74, 6) is 0.371. The molecule has 1 aromatic carbocycles. The number of benzene rings is 1. The Bertz CT molecular complexity index is 359. The number of aliphatic hydroxyl groups is 1. The molecule has 1 aromatic heterocycles. The molecule has 1 N–H and O–H groups in total. The highest BCUT2D eigenvalue weighted by Crippen LogP contribution is 2.18. The van der Waals surface area contributed by atoms with E-state index in [0.717, 1.165) is 5.52 Å². The van der Waals surface area contributed by atoms with Crippen molar-refractivity contribution in [1.29, 1.82) is 0 Å². The van der Waals surface area contributed by atoms with Crippen LogP contribution in [0.25, 0.3) is 11.1 Å². The summed E-state index contributed by atoms with van der Waals surface area (Å²) in [5.41, 5.74) is 1.50. The largest absolute Gasteiger partial charge is 0.438 e. The van der Waals surface area contributed by atoms with Crippen molar-refractivity contribution in [2.75, 3.05) is 0 Å². The molecule has 1 atom stereocenters. The lowest BCUT2D eigenvalue weighted by molar-refractivity contribution is 0.165. The Hall–Kier alpha value is -1.35. The summed E-state index contributed by atoms with van der Waals surface area (Å²) in [6, 6.07) is 7.44. The number of para-hydroxylation sites is 2. The summed E-state index contributed by atoms with van der Waals surface area (Å²) >= 11 is 0. The van der Waals surface area contributed by atoms with Crippen LogP contribution in [0, 0.1) is 0 Å². The summed E-state index contributed by atoms with van der Waals surface area (Å²) in [6.45, 7) is 1.63. The van der Waals surface area contributed by atoms with Gasteiger partial charge in [-0.2, -0.15) is 0 Å². The lowest BCUT2D eigenvalue weighted by atomic mass is 10.3. The maximum atomic E-state index is 9.17. The van der Waals surface area contributed by atoms with Crippen LogP contribution in [0.15, 0.2) is 28.7 Å². The van der Waals surface area contributed by atoms with Gasteiger partial charge in [0, 0.05) is 0 Å². The fraction of sp³-hybridized carbons (Fsp3) is 0.222. The predicted octanol–water partition coefficient (Wildman–Crippen LogP) is 1.88. The van der Waals surface area contributed by atoms with Gasteiger partial charge in [-0.15, -0.1) is 0 Å². The number of aliphatic hydroxyl groups excluding tert-OH is 1. The lowest BCUT2D eigenvalue weighted by Crippen LogP contribution is -1.88. The summed E-state index contributed by atoms with van der Waals surface area (Å²) in [7, 11) is 0. The minimum absolute atomic E-state index is 0.371. The van der Waals surface area contributed by atoms with E-state index >= 15 is 0 Å². The topological polar surface area (TPSA) is 46.3 Å². The van der Waals surface area contributed by atoms with Gasteiger partial charge < -0.3 is 9.52 Å². The highest BCUT2D eigenvalue weighted by molar-refractivity contribution is 5.72. The van der Waals surface area contributed by atoms with Gasteiger partial charge in [0.15, 0.2) is 5.58 Å². The second kappa shape index (κ2) is 2.60. The van der Waals surface area contributed by atoms with Crippen molar-refractivity contribution in [1.82, 2.24) is 4.98 Å². The Morgan fingerprint density at radius 1 is 1.42 bits per heavy atom. The number of nitrogens with zero attached hydrogens (tertiary/aromatic N) is 1. The molecule has 2 rings (SSSR count). The standard InChI is InChI=1S/C9H9NO2/c1-6(11)9-10-7-4-2-3-5-8(7)12-9/h2-6,11H,1H3. The molecule has 3 nitrogen and oxygen atoms in total. The molecule has 1 unspecified atom stereocenters. The monoisotopic (exact) mass is 163 g/mol. The van der Waals surface area contributed by atoms with E-state index in [4.69, 9.17) is 9.52 Å². The van der Waals surface area contributed by atoms with Crippen LogP contribution in [0.5, 0.6) is 0 Å². The van der Waals surface area contributed by atoms with E-state index in [0.29, 0.717) is 11.5 Å². The number of fused-ring (bicyclic) bond motifs is 1. The van der Waals surface area contributed by atoms with Gasteiger partial charge >= 0.3 is 0 Å². The van der Waals surface area contributed by atoms with Gasteiger partial charge in [-0.1, -0.05) is 12.1 Å². The first-order valence-electron chi connectivity index (χ1n) is 3.81. The van der Waals surface area contributed by atoms with Gasteiger partial charge in [-0.25, -0.2) is 4.98 Å². The molecule has 0 aliphatic rings. The molecule has 1 heterocycles. The first-order valence-corrected chi connectivity index (χ1v) is 3.81. The smallest absolute Gasteiger partial charge is 0.224 e. The highest BCUT2D eigenvalue weighted by Gasteiger charge is 2.08. The number of hydrogen-bond acceptors (Lipinski definition) is 3. The molecular weight excluding hydrogens is 154 g/mol. The van der Waals surface area contributed by atoms with Gasteiger partial charge in [-0.05, 0) is 19.1 Å². The second-order valence-corrected chi connectivity index (χ2v) is 2.70. The third-order valence-electron chi connectivity index (χ3n) is 1.67.